The molecule has 0 fully saturated rings. The van der Waals surface area contributed by atoms with Gasteiger partial charge in [-0.05, 0) is 43.2 Å². The lowest BCUT2D eigenvalue weighted by Crippen LogP contribution is -2.45. The molecular formula is C28H36N4O4. The van der Waals surface area contributed by atoms with E-state index in [4.69, 9.17) is 9.47 Å². The topological polar surface area (TPSA) is 76.0 Å². The molecule has 8 nitrogen and oxygen atoms in total. The highest BCUT2D eigenvalue weighted by atomic mass is 16.5. The van der Waals surface area contributed by atoms with Crippen molar-refractivity contribution in [1.82, 2.24) is 14.4 Å². The Labute approximate surface area is 213 Å². The number of aryl methyl sites for hydroxylation is 1. The number of rotatable bonds is 13. The second-order valence-corrected chi connectivity index (χ2v) is 8.45. The zero-order valence-electron chi connectivity index (χ0n) is 21.4. The Morgan fingerprint density at radius 3 is 2.39 bits per heavy atom. The molecule has 1 aromatic heterocycles. The lowest BCUT2D eigenvalue weighted by molar-refractivity contribution is -0.133. The van der Waals surface area contributed by atoms with Gasteiger partial charge in [0.2, 0.25) is 5.91 Å². The number of ether oxygens (including phenoxy) is 2. The van der Waals surface area contributed by atoms with Crippen LogP contribution in [0, 0.1) is 0 Å². The van der Waals surface area contributed by atoms with Crippen LogP contribution in [0.1, 0.15) is 24.6 Å². The summed E-state index contributed by atoms with van der Waals surface area (Å²) in [6.07, 6.45) is 2.58. The molecule has 0 spiro atoms. The molecule has 3 aromatic rings. The van der Waals surface area contributed by atoms with E-state index in [0.29, 0.717) is 50.7 Å². The Morgan fingerprint density at radius 1 is 0.944 bits per heavy atom. The molecule has 0 saturated heterocycles. The number of urea groups is 1. The fourth-order valence-electron chi connectivity index (χ4n) is 3.85. The summed E-state index contributed by atoms with van der Waals surface area (Å²) in [5.41, 5.74) is 2.60. The highest BCUT2D eigenvalue weighted by molar-refractivity contribution is 5.93. The van der Waals surface area contributed by atoms with Crippen LogP contribution in [0.5, 0.6) is 5.75 Å². The molecule has 3 amide bonds. The van der Waals surface area contributed by atoms with Crippen LogP contribution in [0.4, 0.5) is 10.5 Å². The van der Waals surface area contributed by atoms with E-state index in [1.807, 2.05) is 79.3 Å². The minimum Gasteiger partial charge on any atom is -0.495 e. The van der Waals surface area contributed by atoms with Crippen molar-refractivity contribution >= 4 is 17.6 Å². The molecule has 0 aliphatic heterocycles. The van der Waals surface area contributed by atoms with Gasteiger partial charge in [0.25, 0.3) is 0 Å². The second-order valence-electron chi connectivity index (χ2n) is 8.45. The molecule has 1 heterocycles. The van der Waals surface area contributed by atoms with Gasteiger partial charge in [-0.2, -0.15) is 0 Å². The van der Waals surface area contributed by atoms with Crippen molar-refractivity contribution in [3.8, 4) is 5.75 Å². The van der Waals surface area contributed by atoms with E-state index >= 15 is 0 Å². The molecule has 0 radical (unpaired) electrons. The minimum absolute atomic E-state index is 0.0512. The summed E-state index contributed by atoms with van der Waals surface area (Å²) in [6.45, 7) is 4.28. The van der Waals surface area contributed by atoms with Crippen LogP contribution in [0.3, 0.4) is 0 Å². The molecule has 0 atom stereocenters. The first-order valence-corrected chi connectivity index (χ1v) is 12.2. The molecule has 192 valence electrons. The van der Waals surface area contributed by atoms with Gasteiger partial charge in [0, 0.05) is 45.2 Å². The normalized spacial score (nSPS) is 10.6. The van der Waals surface area contributed by atoms with Crippen LogP contribution in [-0.2, 0) is 29.7 Å². The predicted octanol–water partition coefficient (Wildman–Crippen LogP) is 4.52. The average molecular weight is 493 g/mol. The number of carbonyl (C=O) groups is 2. The number of nitrogens with one attached hydrogen (secondary N) is 1. The number of nitrogens with zero attached hydrogens (tertiary/aromatic N) is 3. The highest BCUT2D eigenvalue weighted by Crippen LogP contribution is 2.23. The van der Waals surface area contributed by atoms with Crippen LogP contribution < -0.4 is 10.1 Å². The summed E-state index contributed by atoms with van der Waals surface area (Å²) in [4.78, 5) is 30.2. The first-order valence-electron chi connectivity index (χ1n) is 12.2. The summed E-state index contributed by atoms with van der Waals surface area (Å²) >= 11 is 0. The number of para-hydroxylation sites is 2. The fraction of sp³-hybridized carbons (Fsp3) is 0.357. The van der Waals surface area contributed by atoms with Crippen molar-refractivity contribution in [2.24, 2.45) is 7.05 Å². The molecule has 8 heteroatoms. The van der Waals surface area contributed by atoms with E-state index in [-0.39, 0.29) is 18.5 Å². The zero-order valence-corrected chi connectivity index (χ0v) is 21.4. The Kier molecular flexibility index (Phi) is 10.4. The number of hydrogen-bond acceptors (Lipinski definition) is 4. The third-order valence-corrected chi connectivity index (χ3v) is 5.86. The molecule has 36 heavy (non-hydrogen) atoms. The monoisotopic (exact) mass is 492 g/mol. The van der Waals surface area contributed by atoms with Gasteiger partial charge in [0.1, 0.15) is 12.3 Å². The molecule has 0 aliphatic rings. The van der Waals surface area contributed by atoms with Crippen LogP contribution in [0.25, 0.3) is 0 Å². The van der Waals surface area contributed by atoms with E-state index in [9.17, 15) is 9.59 Å². The van der Waals surface area contributed by atoms with Crippen LogP contribution >= 0.6 is 0 Å². The Morgan fingerprint density at radius 2 is 1.69 bits per heavy atom. The maximum atomic E-state index is 13.6. The third-order valence-electron chi connectivity index (χ3n) is 5.86. The predicted molar refractivity (Wildman–Crippen MR) is 141 cm³/mol. The summed E-state index contributed by atoms with van der Waals surface area (Å²) in [6, 6.07) is 20.7. The lowest BCUT2D eigenvalue weighted by atomic mass is 10.2. The van der Waals surface area contributed by atoms with Gasteiger partial charge in [0.15, 0.2) is 0 Å². The Hall–Kier alpha value is -3.78. The maximum absolute atomic E-state index is 13.6. The first-order chi connectivity index (χ1) is 17.5. The summed E-state index contributed by atoms with van der Waals surface area (Å²) in [5, 5.41) is 2.90. The fourth-order valence-corrected chi connectivity index (χ4v) is 3.85. The van der Waals surface area contributed by atoms with Crippen molar-refractivity contribution in [3.05, 3.63) is 84.2 Å². The van der Waals surface area contributed by atoms with Crippen LogP contribution in [0.15, 0.2) is 72.9 Å². The Bertz CT molecular complexity index is 1100. The van der Waals surface area contributed by atoms with E-state index in [1.165, 1.54) is 4.90 Å². The first kappa shape index (κ1) is 26.8. The summed E-state index contributed by atoms with van der Waals surface area (Å²) in [5.74, 6) is 0.424. The number of amides is 3. The van der Waals surface area contributed by atoms with Gasteiger partial charge in [-0.25, -0.2) is 4.79 Å². The van der Waals surface area contributed by atoms with Gasteiger partial charge >= 0.3 is 6.03 Å². The summed E-state index contributed by atoms with van der Waals surface area (Å²) in [7, 11) is 3.51. The average Bonchev–Trinajstić information content (AvgIpc) is 3.30. The quantitative estimate of drug-likeness (QED) is 0.356. The Balaban J connectivity index is 1.77. The van der Waals surface area contributed by atoms with Crippen LogP contribution in [0.2, 0.25) is 0 Å². The molecule has 1 N–H and O–H groups in total. The van der Waals surface area contributed by atoms with Crippen molar-refractivity contribution in [2.75, 3.05) is 38.7 Å². The van der Waals surface area contributed by atoms with Crippen LogP contribution in [-0.4, -0.2) is 59.7 Å². The van der Waals surface area contributed by atoms with Crippen molar-refractivity contribution in [2.45, 2.75) is 26.4 Å². The standard InChI is InChI=1S/C28H36N4O4/c1-4-36-19-11-18-31(28(34)29-25-15-8-9-16-26(25)35-3)22-27(33)32(20-23-12-6-5-7-13-23)21-24-14-10-17-30(24)2/h5-10,12-17H,4,11,18-22H2,1-3H3,(H,29,34). The SMILES string of the molecule is CCOCCCN(CC(=O)N(Cc1ccccc1)Cc1cccn1C)C(=O)Nc1ccccc1OC. The molecule has 0 aliphatic carbocycles. The van der Waals surface area contributed by atoms with Crippen molar-refractivity contribution in [1.29, 1.82) is 0 Å². The zero-order chi connectivity index (χ0) is 25.8. The van der Waals surface area contributed by atoms with Crippen molar-refractivity contribution < 1.29 is 19.1 Å². The number of methoxy groups -OCH3 is 1. The van der Waals surface area contributed by atoms with Gasteiger partial charge in [-0.1, -0.05) is 42.5 Å². The van der Waals surface area contributed by atoms with Gasteiger partial charge in [-0.3, -0.25) is 4.79 Å². The van der Waals surface area contributed by atoms with E-state index in [0.717, 1.165) is 11.3 Å². The molecular weight excluding hydrogens is 456 g/mol. The van der Waals surface area contributed by atoms with E-state index in [2.05, 4.69) is 5.32 Å². The van der Waals surface area contributed by atoms with E-state index < -0.39 is 0 Å². The molecule has 2 aromatic carbocycles. The lowest BCUT2D eigenvalue weighted by Gasteiger charge is -2.28. The number of aromatic nitrogens is 1. The number of benzene rings is 2. The largest absolute Gasteiger partial charge is 0.495 e. The molecule has 0 saturated carbocycles. The number of carbonyl (C=O) groups excluding carboxylic acids is 2. The molecule has 0 bridgehead atoms. The van der Waals surface area contributed by atoms with Crippen molar-refractivity contribution in [3.63, 3.8) is 0 Å². The van der Waals surface area contributed by atoms with Gasteiger partial charge in [-0.15, -0.1) is 0 Å². The molecule has 0 unspecified atom stereocenters. The second kappa shape index (κ2) is 13.9. The minimum atomic E-state index is -0.358. The molecule has 3 rings (SSSR count). The third kappa shape index (κ3) is 7.88. The van der Waals surface area contributed by atoms with Gasteiger partial charge in [0.05, 0.1) is 19.3 Å². The van der Waals surface area contributed by atoms with Gasteiger partial charge < -0.3 is 29.2 Å². The number of anilines is 1. The smallest absolute Gasteiger partial charge is 0.322 e. The summed E-state index contributed by atoms with van der Waals surface area (Å²) < 4.78 is 12.8. The highest BCUT2D eigenvalue weighted by Gasteiger charge is 2.23. The van der Waals surface area contributed by atoms with E-state index in [1.54, 1.807) is 24.1 Å². The number of hydrogen-bond donors (Lipinski definition) is 1. The maximum Gasteiger partial charge on any atom is 0.322 e.